The fraction of sp³-hybridized carbons (Fsp3) is 0.200. The van der Waals surface area contributed by atoms with Crippen LogP contribution in [0.2, 0.25) is 0 Å². The molecule has 0 aliphatic carbocycles. The first-order valence-electron chi connectivity index (χ1n) is 10.9. The largest absolute Gasteiger partial charge is 0.486 e. The molecular weight excluding hydrogens is 452 g/mol. The first-order valence-corrected chi connectivity index (χ1v) is 10.9. The van der Waals surface area contributed by atoms with Gasteiger partial charge in [0.05, 0.1) is 23.0 Å². The maximum Gasteiger partial charge on any atom is 0.291 e. The van der Waals surface area contributed by atoms with Crippen LogP contribution in [0.3, 0.4) is 0 Å². The smallest absolute Gasteiger partial charge is 0.291 e. The van der Waals surface area contributed by atoms with Gasteiger partial charge in [-0.2, -0.15) is 5.10 Å². The molecule has 0 saturated carbocycles. The van der Waals surface area contributed by atoms with Gasteiger partial charge in [-0.25, -0.2) is 4.68 Å². The second kappa shape index (κ2) is 10.6. The molecule has 0 fully saturated rings. The fourth-order valence-corrected chi connectivity index (χ4v) is 3.31. The zero-order valence-corrected chi connectivity index (χ0v) is 19.3. The highest BCUT2D eigenvalue weighted by Crippen LogP contribution is 2.24. The first-order chi connectivity index (χ1) is 16.9. The molecule has 1 N–H and O–H groups in total. The van der Waals surface area contributed by atoms with Crippen molar-refractivity contribution in [2.45, 2.75) is 33.6 Å². The molecule has 4 rings (SSSR count). The van der Waals surface area contributed by atoms with Crippen LogP contribution in [0.1, 0.15) is 34.4 Å². The summed E-state index contributed by atoms with van der Waals surface area (Å²) in [5, 5.41) is 17.8. The second-order valence-corrected chi connectivity index (χ2v) is 7.75. The van der Waals surface area contributed by atoms with E-state index < -0.39 is 10.8 Å². The standard InChI is InChI=1S/C25H24N4O6/c1-3-18-4-6-20(7-5-18)34-16-28-14-19(13-26-28)27-25(30)24-11-9-22(35-24)15-33-21-8-10-23(29(31)32)17(2)12-21/h4-14H,3,15-16H2,1-2H3,(H,27,30). The molecule has 0 spiro atoms. The Morgan fingerprint density at radius 2 is 1.89 bits per heavy atom. The topological polar surface area (TPSA) is 122 Å². The molecule has 2 aromatic carbocycles. The zero-order valence-electron chi connectivity index (χ0n) is 19.3. The minimum Gasteiger partial charge on any atom is -0.486 e. The van der Waals surface area contributed by atoms with Crippen LogP contribution in [0.5, 0.6) is 11.5 Å². The highest BCUT2D eigenvalue weighted by Gasteiger charge is 2.14. The van der Waals surface area contributed by atoms with Gasteiger partial charge in [0.1, 0.15) is 23.9 Å². The van der Waals surface area contributed by atoms with Gasteiger partial charge in [-0.1, -0.05) is 19.1 Å². The number of carbonyl (C=O) groups excluding carboxylic acids is 1. The lowest BCUT2D eigenvalue weighted by atomic mass is 10.2. The number of hydrogen-bond acceptors (Lipinski definition) is 7. The molecule has 4 aromatic rings. The van der Waals surface area contributed by atoms with Gasteiger partial charge in [-0.15, -0.1) is 0 Å². The van der Waals surface area contributed by atoms with Crippen LogP contribution in [0.15, 0.2) is 71.4 Å². The Hall–Kier alpha value is -4.60. The summed E-state index contributed by atoms with van der Waals surface area (Å²) in [5.41, 5.74) is 2.24. The normalized spacial score (nSPS) is 10.7. The average molecular weight is 476 g/mol. The summed E-state index contributed by atoms with van der Waals surface area (Å²) < 4.78 is 18.5. The lowest BCUT2D eigenvalue weighted by Crippen LogP contribution is -2.10. The number of carbonyl (C=O) groups is 1. The van der Waals surface area contributed by atoms with E-state index in [1.165, 1.54) is 23.9 Å². The van der Waals surface area contributed by atoms with Crippen molar-refractivity contribution >= 4 is 17.3 Å². The van der Waals surface area contributed by atoms with Gasteiger partial charge in [-0.3, -0.25) is 14.9 Å². The number of nitro benzene ring substituents is 1. The van der Waals surface area contributed by atoms with Gasteiger partial charge in [-0.05, 0) is 55.3 Å². The predicted molar refractivity (Wildman–Crippen MR) is 128 cm³/mol. The van der Waals surface area contributed by atoms with Crippen LogP contribution in [0, 0.1) is 17.0 Å². The number of benzene rings is 2. The highest BCUT2D eigenvalue weighted by molar-refractivity contribution is 6.02. The summed E-state index contributed by atoms with van der Waals surface area (Å²) in [4.78, 5) is 23.0. The molecule has 180 valence electrons. The number of nitrogens with one attached hydrogen (secondary N) is 1. The molecule has 0 aliphatic heterocycles. The molecule has 10 nitrogen and oxygen atoms in total. The van der Waals surface area contributed by atoms with E-state index in [2.05, 4.69) is 17.3 Å². The van der Waals surface area contributed by atoms with E-state index in [1.54, 1.807) is 36.0 Å². The van der Waals surface area contributed by atoms with Crippen molar-refractivity contribution in [2.75, 3.05) is 5.32 Å². The Morgan fingerprint density at radius 3 is 2.60 bits per heavy atom. The minimum absolute atomic E-state index is 0.0230. The molecule has 2 aromatic heterocycles. The summed E-state index contributed by atoms with van der Waals surface area (Å²) in [5.74, 6) is 1.31. The Bertz CT molecular complexity index is 1330. The van der Waals surface area contributed by atoms with Gasteiger partial charge >= 0.3 is 0 Å². The van der Waals surface area contributed by atoms with Crippen LogP contribution in [0.25, 0.3) is 0 Å². The number of amides is 1. The number of aromatic nitrogens is 2. The Morgan fingerprint density at radius 1 is 1.11 bits per heavy atom. The van der Waals surface area contributed by atoms with Crippen LogP contribution >= 0.6 is 0 Å². The lowest BCUT2D eigenvalue weighted by molar-refractivity contribution is -0.385. The van der Waals surface area contributed by atoms with E-state index in [0.29, 0.717) is 22.8 Å². The van der Waals surface area contributed by atoms with Crippen molar-refractivity contribution in [3.8, 4) is 11.5 Å². The number of aryl methyl sites for hydroxylation is 2. The van der Waals surface area contributed by atoms with E-state index in [0.717, 1.165) is 12.2 Å². The van der Waals surface area contributed by atoms with Crippen molar-refractivity contribution in [2.24, 2.45) is 0 Å². The van der Waals surface area contributed by atoms with E-state index in [9.17, 15) is 14.9 Å². The van der Waals surface area contributed by atoms with Crippen LogP contribution < -0.4 is 14.8 Å². The van der Waals surface area contributed by atoms with Crippen molar-refractivity contribution in [3.63, 3.8) is 0 Å². The molecule has 0 bridgehead atoms. The molecule has 0 saturated heterocycles. The van der Waals surface area contributed by atoms with Gasteiger partial charge in [0, 0.05) is 11.6 Å². The summed E-state index contributed by atoms with van der Waals surface area (Å²) >= 11 is 0. The number of ether oxygens (including phenoxy) is 2. The number of hydrogen-bond donors (Lipinski definition) is 1. The van der Waals surface area contributed by atoms with Crippen LogP contribution in [0.4, 0.5) is 11.4 Å². The number of furan rings is 1. The summed E-state index contributed by atoms with van der Waals surface area (Å²) in [6.07, 6.45) is 4.14. The predicted octanol–water partition coefficient (Wildman–Crippen LogP) is 5.12. The quantitative estimate of drug-likeness (QED) is 0.249. The van der Waals surface area contributed by atoms with Crippen molar-refractivity contribution < 1.29 is 23.6 Å². The van der Waals surface area contributed by atoms with Gasteiger partial charge in [0.15, 0.2) is 12.5 Å². The molecule has 10 heteroatoms. The van der Waals surface area contributed by atoms with Crippen molar-refractivity contribution in [3.05, 3.63) is 99.8 Å². The van der Waals surface area contributed by atoms with Gasteiger partial charge in [0.2, 0.25) is 0 Å². The first kappa shape index (κ1) is 23.6. The third kappa shape index (κ3) is 6.05. The Labute approximate surface area is 201 Å². The maximum atomic E-state index is 12.5. The zero-order chi connectivity index (χ0) is 24.8. The minimum atomic E-state index is -0.446. The molecule has 1 amide bonds. The third-order valence-corrected chi connectivity index (χ3v) is 5.22. The molecule has 0 unspecified atom stereocenters. The van der Waals surface area contributed by atoms with Gasteiger partial charge < -0.3 is 19.2 Å². The summed E-state index contributed by atoms with van der Waals surface area (Å²) in [6, 6.07) is 15.5. The Kier molecular flexibility index (Phi) is 7.10. The molecule has 0 aliphatic rings. The van der Waals surface area contributed by atoms with Crippen LogP contribution in [-0.2, 0) is 19.8 Å². The van der Waals surface area contributed by atoms with Crippen molar-refractivity contribution in [1.29, 1.82) is 0 Å². The third-order valence-electron chi connectivity index (χ3n) is 5.22. The van der Waals surface area contributed by atoms with Gasteiger partial charge in [0.25, 0.3) is 11.6 Å². The van der Waals surface area contributed by atoms with Crippen molar-refractivity contribution in [1.82, 2.24) is 9.78 Å². The highest BCUT2D eigenvalue weighted by atomic mass is 16.6. The molecular formula is C25H24N4O6. The van der Waals surface area contributed by atoms with Crippen LogP contribution in [-0.4, -0.2) is 20.6 Å². The van der Waals surface area contributed by atoms with E-state index >= 15 is 0 Å². The summed E-state index contributed by atoms with van der Waals surface area (Å²) in [6.45, 7) is 4.00. The second-order valence-electron chi connectivity index (χ2n) is 7.75. The molecule has 2 heterocycles. The molecule has 35 heavy (non-hydrogen) atoms. The van der Waals surface area contributed by atoms with E-state index in [4.69, 9.17) is 13.9 Å². The average Bonchev–Trinajstić information content (AvgIpc) is 3.51. The Balaban J connectivity index is 1.28. The monoisotopic (exact) mass is 476 g/mol. The van der Waals surface area contributed by atoms with E-state index in [-0.39, 0.29) is 24.8 Å². The van der Waals surface area contributed by atoms with E-state index in [1.807, 2.05) is 24.3 Å². The number of nitro groups is 1. The number of anilines is 1. The number of rotatable bonds is 10. The SMILES string of the molecule is CCc1ccc(OCn2cc(NC(=O)c3ccc(COc4ccc([N+](=O)[O-])c(C)c4)o3)cn2)cc1. The summed E-state index contributed by atoms with van der Waals surface area (Å²) in [7, 11) is 0. The number of nitrogens with zero attached hydrogens (tertiary/aromatic N) is 3. The molecule has 0 radical (unpaired) electrons. The fourth-order valence-electron chi connectivity index (χ4n) is 3.31. The maximum absolute atomic E-state index is 12.5. The lowest BCUT2D eigenvalue weighted by Gasteiger charge is -2.06. The molecule has 0 atom stereocenters.